The van der Waals surface area contributed by atoms with Gasteiger partial charge < -0.3 is 71.3 Å². The summed E-state index contributed by atoms with van der Waals surface area (Å²) in [7, 11) is 0. The highest BCUT2D eigenvalue weighted by molar-refractivity contribution is 5.67. The maximum absolute atomic E-state index is 12.8. The van der Waals surface area contributed by atoms with E-state index in [1.54, 1.807) is 12.1 Å². The van der Waals surface area contributed by atoms with E-state index in [4.69, 9.17) is 35.2 Å². The topological polar surface area (TPSA) is 250 Å². The molecule has 14 unspecified atom stereocenters. The van der Waals surface area contributed by atoms with Gasteiger partial charge in [-0.05, 0) is 12.0 Å². The maximum Gasteiger partial charge on any atom is 0.407 e. The van der Waals surface area contributed by atoms with Gasteiger partial charge in [0.05, 0.1) is 30.3 Å². The third kappa shape index (κ3) is 6.04. The summed E-state index contributed by atoms with van der Waals surface area (Å²) < 4.78 is 28.4. The number of aliphatic hydroxyl groups excluding tert-OH is 5. The number of aliphatic hydroxyl groups is 5. The van der Waals surface area contributed by atoms with Crippen molar-refractivity contribution in [1.82, 2.24) is 10.6 Å². The zero-order chi connectivity index (χ0) is 27.8. The Balaban J connectivity index is 1.34. The number of alkyl carbamates (subject to hydrolysis) is 1. The fourth-order valence-electron chi connectivity index (χ4n) is 5.28. The zero-order valence-corrected chi connectivity index (χ0v) is 20.9. The van der Waals surface area contributed by atoms with Crippen molar-refractivity contribution in [3.05, 3.63) is 35.9 Å². The molecule has 0 radical (unpaired) electrons. The van der Waals surface area contributed by atoms with Gasteiger partial charge in [0, 0.05) is 12.6 Å². The van der Waals surface area contributed by atoms with Crippen LogP contribution in [-0.4, -0.2) is 124 Å². The summed E-state index contributed by atoms with van der Waals surface area (Å²) >= 11 is 0. The summed E-state index contributed by atoms with van der Waals surface area (Å²) in [6.45, 7) is 0.0300. The normalized spacial score (nSPS) is 45.4. The predicted octanol–water partition coefficient (Wildman–Crippen LogP) is -4.07. The molecule has 1 aromatic carbocycles. The number of carbonyl (C=O) groups is 1. The largest absolute Gasteiger partial charge is 0.445 e. The van der Waals surface area contributed by atoms with Crippen molar-refractivity contribution in [3.63, 3.8) is 0 Å². The first-order valence-electron chi connectivity index (χ1n) is 12.9. The van der Waals surface area contributed by atoms with Gasteiger partial charge in [-0.2, -0.15) is 0 Å². The van der Waals surface area contributed by atoms with Crippen LogP contribution in [0.5, 0.6) is 0 Å². The van der Waals surface area contributed by atoms with Gasteiger partial charge in [-0.15, -0.1) is 0 Å². The van der Waals surface area contributed by atoms with Crippen LogP contribution in [0.2, 0.25) is 0 Å². The van der Waals surface area contributed by atoms with E-state index < -0.39 is 79.8 Å². The number of carbonyl (C=O) groups excluding carboxylic acids is 1. The molecular formula is C24H36N4O11. The molecule has 15 heteroatoms. The Morgan fingerprint density at radius 1 is 0.949 bits per heavy atom. The second-order valence-electron chi connectivity index (χ2n) is 10.3. The summed E-state index contributed by atoms with van der Waals surface area (Å²) in [5, 5.41) is 57.1. The summed E-state index contributed by atoms with van der Waals surface area (Å²) in [5.41, 5.74) is 12.7. The van der Waals surface area contributed by atoms with Crippen molar-refractivity contribution in [2.24, 2.45) is 11.5 Å². The first kappa shape index (κ1) is 28.5. The van der Waals surface area contributed by atoms with Crippen molar-refractivity contribution < 1.29 is 54.0 Å². The van der Waals surface area contributed by atoms with Gasteiger partial charge in [0.25, 0.3) is 0 Å². The van der Waals surface area contributed by atoms with Crippen LogP contribution in [-0.2, 0) is 30.3 Å². The number of amides is 1. The second kappa shape index (κ2) is 11.9. The summed E-state index contributed by atoms with van der Waals surface area (Å²) in [6.07, 6.45) is -13.6. The Hall–Kier alpha value is -1.99. The van der Waals surface area contributed by atoms with Crippen molar-refractivity contribution in [1.29, 1.82) is 0 Å². The molecule has 4 aliphatic rings. The molecule has 5 rings (SSSR count). The average Bonchev–Trinajstić information content (AvgIpc) is 3.70. The number of ether oxygens (including phenoxy) is 5. The van der Waals surface area contributed by atoms with Crippen LogP contribution in [0.3, 0.4) is 0 Å². The lowest BCUT2D eigenvalue weighted by Crippen LogP contribution is -2.66. The number of nitrogens with one attached hydrogen (secondary N) is 2. The van der Waals surface area contributed by atoms with Crippen molar-refractivity contribution in [2.75, 3.05) is 6.54 Å². The molecule has 14 atom stereocenters. The SMILES string of the molecule is NCC1OC(OC2C(NC(=O)OCc3ccccc3)CC(N)C(O)C2OC2OC(O)C(O)C2O)C2NC2C1O. The lowest BCUT2D eigenvalue weighted by Gasteiger charge is -2.46. The molecule has 218 valence electrons. The third-order valence-electron chi connectivity index (χ3n) is 7.56. The minimum Gasteiger partial charge on any atom is -0.445 e. The lowest BCUT2D eigenvalue weighted by atomic mass is 9.84. The Labute approximate surface area is 223 Å². The molecule has 4 fully saturated rings. The third-order valence-corrected chi connectivity index (χ3v) is 7.56. The van der Waals surface area contributed by atoms with E-state index in [1.807, 2.05) is 18.2 Å². The van der Waals surface area contributed by atoms with E-state index in [0.717, 1.165) is 5.56 Å². The number of benzene rings is 1. The molecule has 11 N–H and O–H groups in total. The van der Waals surface area contributed by atoms with Crippen LogP contribution in [0, 0.1) is 0 Å². The van der Waals surface area contributed by atoms with Crippen LogP contribution < -0.4 is 22.1 Å². The molecule has 0 bridgehead atoms. The smallest absolute Gasteiger partial charge is 0.407 e. The van der Waals surface area contributed by atoms with Crippen molar-refractivity contribution in [2.45, 2.75) is 98.8 Å². The van der Waals surface area contributed by atoms with Gasteiger partial charge in [0.1, 0.15) is 37.1 Å². The molecule has 3 heterocycles. The van der Waals surface area contributed by atoms with Gasteiger partial charge >= 0.3 is 6.09 Å². The molecule has 39 heavy (non-hydrogen) atoms. The number of hydrogen-bond donors (Lipinski definition) is 9. The number of fused-ring (bicyclic) bond motifs is 1. The predicted molar refractivity (Wildman–Crippen MR) is 129 cm³/mol. The van der Waals surface area contributed by atoms with Gasteiger partial charge in [-0.1, -0.05) is 30.3 Å². The molecule has 15 nitrogen and oxygen atoms in total. The van der Waals surface area contributed by atoms with Crippen LogP contribution in [0.25, 0.3) is 0 Å². The van der Waals surface area contributed by atoms with E-state index in [0.29, 0.717) is 0 Å². The summed E-state index contributed by atoms with van der Waals surface area (Å²) in [4.78, 5) is 12.8. The quantitative estimate of drug-likeness (QED) is 0.138. The molecule has 1 aliphatic carbocycles. The standard InChI is InChI=1S/C24H36N4O11/c25-7-12-16(30)13-14(28-13)22(36-12)37-19-11(27-24(34)35-8-9-4-2-1-3-5-9)6-10(26)15(29)20(19)38-23-18(32)17(31)21(33)39-23/h1-5,10-23,28-33H,6-8,25-26H2,(H,27,34). The van der Waals surface area contributed by atoms with E-state index in [1.165, 1.54) is 0 Å². The van der Waals surface area contributed by atoms with Crippen molar-refractivity contribution >= 4 is 6.09 Å². The van der Waals surface area contributed by atoms with E-state index in [2.05, 4.69) is 10.6 Å². The monoisotopic (exact) mass is 556 g/mol. The van der Waals surface area contributed by atoms with Crippen LogP contribution in [0.1, 0.15) is 12.0 Å². The van der Waals surface area contributed by atoms with Gasteiger partial charge in [-0.3, -0.25) is 0 Å². The Bertz CT molecular complexity index is 979. The number of rotatable bonds is 8. The molecule has 3 aliphatic heterocycles. The summed E-state index contributed by atoms with van der Waals surface area (Å²) in [6, 6.07) is 6.58. The molecule has 1 aromatic rings. The van der Waals surface area contributed by atoms with Gasteiger partial charge in [0.15, 0.2) is 18.9 Å². The minimum atomic E-state index is -1.72. The highest BCUT2D eigenvalue weighted by Gasteiger charge is 2.58. The molecule has 1 amide bonds. The van der Waals surface area contributed by atoms with Gasteiger partial charge in [-0.25, -0.2) is 4.79 Å². The average molecular weight is 557 g/mol. The van der Waals surface area contributed by atoms with E-state index in [-0.39, 0.29) is 31.7 Å². The highest BCUT2D eigenvalue weighted by atomic mass is 16.8. The van der Waals surface area contributed by atoms with Crippen LogP contribution in [0.4, 0.5) is 4.79 Å². The minimum absolute atomic E-state index is 0.00683. The second-order valence-corrected chi connectivity index (χ2v) is 10.3. The maximum atomic E-state index is 12.8. The molecule has 3 saturated heterocycles. The zero-order valence-electron chi connectivity index (χ0n) is 20.9. The first-order chi connectivity index (χ1) is 18.7. The summed E-state index contributed by atoms with van der Waals surface area (Å²) in [5.74, 6) is 0. The molecule has 0 spiro atoms. The lowest BCUT2D eigenvalue weighted by molar-refractivity contribution is -0.293. The van der Waals surface area contributed by atoms with E-state index in [9.17, 15) is 30.3 Å². The first-order valence-corrected chi connectivity index (χ1v) is 12.9. The Kier molecular flexibility index (Phi) is 8.68. The fourth-order valence-corrected chi connectivity index (χ4v) is 5.28. The number of hydrogen-bond acceptors (Lipinski definition) is 14. The number of nitrogens with two attached hydrogens (primary N) is 2. The molecule has 0 aromatic heterocycles. The molecular weight excluding hydrogens is 520 g/mol. The fraction of sp³-hybridized carbons (Fsp3) is 0.708. The van der Waals surface area contributed by atoms with Crippen LogP contribution in [0.15, 0.2) is 30.3 Å². The highest BCUT2D eigenvalue weighted by Crippen LogP contribution is 2.35. The van der Waals surface area contributed by atoms with Crippen LogP contribution >= 0.6 is 0 Å². The van der Waals surface area contributed by atoms with Crippen molar-refractivity contribution in [3.8, 4) is 0 Å². The molecule has 1 saturated carbocycles. The Morgan fingerprint density at radius 2 is 1.67 bits per heavy atom. The van der Waals surface area contributed by atoms with Gasteiger partial charge in [0.2, 0.25) is 0 Å². The van der Waals surface area contributed by atoms with E-state index >= 15 is 0 Å². The Morgan fingerprint density at radius 3 is 2.33 bits per heavy atom.